The highest BCUT2D eigenvalue weighted by molar-refractivity contribution is 7.99. The Morgan fingerprint density at radius 2 is 1.92 bits per heavy atom. The van der Waals surface area contributed by atoms with Crippen LogP contribution in [0.1, 0.15) is 10.4 Å². The number of nitrogens with zero attached hydrogens (tertiary/aromatic N) is 3. The normalized spacial score (nSPS) is 10.6. The van der Waals surface area contributed by atoms with Gasteiger partial charge in [0.2, 0.25) is 0 Å². The van der Waals surface area contributed by atoms with E-state index in [2.05, 4.69) is 10.2 Å². The Labute approximate surface area is 144 Å². The Kier molecular flexibility index (Phi) is 4.96. The second kappa shape index (κ2) is 7.31. The average molecular weight is 339 g/mol. The van der Waals surface area contributed by atoms with E-state index in [4.69, 9.17) is 4.74 Å². The van der Waals surface area contributed by atoms with Crippen molar-refractivity contribution in [1.82, 2.24) is 14.8 Å². The summed E-state index contributed by atoms with van der Waals surface area (Å²) < 4.78 is 7.13. The first kappa shape index (κ1) is 16.3. The summed E-state index contributed by atoms with van der Waals surface area (Å²) >= 11 is 1.38. The molecule has 2 aromatic carbocycles. The zero-order valence-corrected chi connectivity index (χ0v) is 14.3. The van der Waals surface area contributed by atoms with Crippen molar-refractivity contribution in [2.45, 2.75) is 5.16 Å². The molecule has 1 heterocycles. The predicted molar refractivity (Wildman–Crippen MR) is 94.5 cm³/mol. The van der Waals surface area contributed by atoms with E-state index < -0.39 is 0 Å². The van der Waals surface area contributed by atoms with Gasteiger partial charge in [0.15, 0.2) is 16.8 Å². The molecule has 0 aliphatic heterocycles. The van der Waals surface area contributed by atoms with Crippen molar-refractivity contribution in [1.29, 1.82) is 0 Å². The lowest BCUT2D eigenvalue weighted by atomic mass is 10.2. The molecule has 6 heteroatoms. The third kappa shape index (κ3) is 3.49. The summed E-state index contributed by atoms with van der Waals surface area (Å²) in [5, 5.41) is 9.14. The van der Waals surface area contributed by atoms with Crippen LogP contribution in [0.15, 0.2) is 59.8 Å². The van der Waals surface area contributed by atoms with Crippen molar-refractivity contribution in [2.75, 3.05) is 12.9 Å². The first-order valence-electron chi connectivity index (χ1n) is 7.44. The van der Waals surface area contributed by atoms with E-state index in [1.165, 1.54) is 11.8 Å². The van der Waals surface area contributed by atoms with Gasteiger partial charge in [-0.05, 0) is 12.1 Å². The highest BCUT2D eigenvalue weighted by Gasteiger charge is 2.14. The minimum absolute atomic E-state index is 0.0755. The van der Waals surface area contributed by atoms with E-state index in [-0.39, 0.29) is 5.78 Å². The van der Waals surface area contributed by atoms with Gasteiger partial charge >= 0.3 is 0 Å². The van der Waals surface area contributed by atoms with Crippen LogP contribution in [0, 0.1) is 0 Å². The molecule has 0 unspecified atom stereocenters. The molecule has 0 spiro atoms. The molecule has 24 heavy (non-hydrogen) atoms. The van der Waals surface area contributed by atoms with Crippen LogP contribution in [0.4, 0.5) is 0 Å². The van der Waals surface area contributed by atoms with Crippen molar-refractivity contribution in [3.8, 4) is 17.1 Å². The number of aromatic nitrogens is 3. The largest absolute Gasteiger partial charge is 0.497 e. The van der Waals surface area contributed by atoms with Crippen molar-refractivity contribution in [2.24, 2.45) is 7.05 Å². The third-order valence-electron chi connectivity index (χ3n) is 3.59. The fraction of sp³-hybridized carbons (Fsp3) is 0.167. The summed E-state index contributed by atoms with van der Waals surface area (Å²) in [5.41, 5.74) is 1.63. The van der Waals surface area contributed by atoms with Gasteiger partial charge in [0.05, 0.1) is 12.9 Å². The minimum atomic E-state index is 0.0755. The van der Waals surface area contributed by atoms with Crippen molar-refractivity contribution < 1.29 is 9.53 Å². The van der Waals surface area contributed by atoms with Gasteiger partial charge in [-0.1, -0.05) is 54.2 Å². The monoisotopic (exact) mass is 339 g/mol. The molecule has 1 aromatic heterocycles. The minimum Gasteiger partial charge on any atom is -0.497 e. The van der Waals surface area contributed by atoms with Crippen LogP contribution in [0.5, 0.6) is 5.75 Å². The number of methoxy groups -OCH3 is 1. The standard InChI is InChI=1S/C18H17N3O2S/c1-21-17(14-9-6-10-15(11-14)23-2)19-20-18(21)24-12-16(22)13-7-4-3-5-8-13/h3-11H,12H2,1-2H3. The zero-order chi connectivity index (χ0) is 16.9. The summed E-state index contributed by atoms with van der Waals surface area (Å²) in [4.78, 5) is 12.2. The number of carbonyl (C=O) groups is 1. The van der Waals surface area contributed by atoms with Crippen LogP contribution in [-0.2, 0) is 7.05 Å². The van der Waals surface area contributed by atoms with Gasteiger partial charge in [0.1, 0.15) is 5.75 Å². The number of ketones is 1. The molecule has 3 rings (SSSR count). The molecule has 5 nitrogen and oxygen atoms in total. The topological polar surface area (TPSA) is 57.0 Å². The summed E-state index contributed by atoms with van der Waals surface area (Å²) in [7, 11) is 3.52. The van der Waals surface area contributed by atoms with E-state index in [1.807, 2.05) is 66.2 Å². The summed E-state index contributed by atoms with van der Waals surface area (Å²) in [5.74, 6) is 1.91. The van der Waals surface area contributed by atoms with Gasteiger partial charge in [-0.15, -0.1) is 10.2 Å². The predicted octanol–water partition coefficient (Wildman–Crippen LogP) is 3.47. The smallest absolute Gasteiger partial charge is 0.191 e. The fourth-order valence-corrected chi connectivity index (χ4v) is 3.10. The number of rotatable bonds is 6. The lowest BCUT2D eigenvalue weighted by Crippen LogP contribution is -2.03. The second-order valence-electron chi connectivity index (χ2n) is 5.18. The maximum Gasteiger partial charge on any atom is 0.191 e. The van der Waals surface area contributed by atoms with Crippen LogP contribution >= 0.6 is 11.8 Å². The molecule has 122 valence electrons. The Hall–Kier alpha value is -2.60. The van der Waals surface area contributed by atoms with Crippen LogP contribution < -0.4 is 4.74 Å². The Bertz CT molecular complexity index is 846. The van der Waals surface area contributed by atoms with Crippen LogP contribution in [0.3, 0.4) is 0 Å². The van der Waals surface area contributed by atoms with Gasteiger partial charge in [0, 0.05) is 18.2 Å². The summed E-state index contributed by atoms with van der Waals surface area (Å²) in [6.45, 7) is 0. The first-order chi connectivity index (χ1) is 11.7. The van der Waals surface area contributed by atoms with Crippen LogP contribution in [0.25, 0.3) is 11.4 Å². The highest BCUT2D eigenvalue weighted by Crippen LogP contribution is 2.25. The van der Waals surface area contributed by atoms with E-state index >= 15 is 0 Å². The fourth-order valence-electron chi connectivity index (χ4n) is 2.29. The summed E-state index contributed by atoms with van der Waals surface area (Å²) in [6, 6.07) is 16.9. The number of ether oxygens (including phenoxy) is 1. The Morgan fingerprint density at radius 3 is 2.67 bits per heavy atom. The third-order valence-corrected chi connectivity index (χ3v) is 4.61. The molecule has 0 bridgehead atoms. The van der Waals surface area contributed by atoms with Gasteiger partial charge in [-0.3, -0.25) is 4.79 Å². The number of Topliss-reactive ketones (excluding diaryl/α,β-unsaturated/α-hetero) is 1. The first-order valence-corrected chi connectivity index (χ1v) is 8.42. The molecular formula is C18H17N3O2S. The highest BCUT2D eigenvalue weighted by atomic mass is 32.2. The number of thioether (sulfide) groups is 1. The van der Waals surface area contributed by atoms with E-state index in [0.29, 0.717) is 16.5 Å². The maximum absolute atomic E-state index is 12.2. The van der Waals surface area contributed by atoms with E-state index in [1.54, 1.807) is 7.11 Å². The van der Waals surface area contributed by atoms with Crippen molar-refractivity contribution in [3.05, 3.63) is 60.2 Å². The van der Waals surface area contributed by atoms with Gasteiger partial charge in [0.25, 0.3) is 0 Å². The van der Waals surface area contributed by atoms with Crippen molar-refractivity contribution >= 4 is 17.5 Å². The van der Waals surface area contributed by atoms with E-state index in [0.717, 1.165) is 17.1 Å². The van der Waals surface area contributed by atoms with Gasteiger partial charge in [-0.25, -0.2) is 0 Å². The van der Waals surface area contributed by atoms with Gasteiger partial charge < -0.3 is 9.30 Å². The molecule has 0 N–H and O–H groups in total. The number of carbonyl (C=O) groups excluding carboxylic acids is 1. The Morgan fingerprint density at radius 1 is 1.12 bits per heavy atom. The molecule has 0 amide bonds. The lowest BCUT2D eigenvalue weighted by molar-refractivity contribution is 0.102. The van der Waals surface area contributed by atoms with Crippen LogP contribution in [0.2, 0.25) is 0 Å². The maximum atomic E-state index is 12.2. The molecule has 0 aliphatic rings. The molecule has 0 saturated heterocycles. The average Bonchev–Trinajstić information content (AvgIpc) is 3.01. The van der Waals surface area contributed by atoms with E-state index in [9.17, 15) is 4.79 Å². The molecule has 0 saturated carbocycles. The molecule has 3 aromatic rings. The summed E-state index contributed by atoms with van der Waals surface area (Å²) in [6.07, 6.45) is 0. The second-order valence-corrected chi connectivity index (χ2v) is 6.12. The quantitative estimate of drug-likeness (QED) is 0.508. The Balaban J connectivity index is 1.74. The van der Waals surface area contributed by atoms with Crippen LogP contribution in [-0.4, -0.2) is 33.4 Å². The number of hydrogen-bond donors (Lipinski definition) is 0. The molecule has 0 aliphatic carbocycles. The molecule has 0 radical (unpaired) electrons. The molecule has 0 atom stereocenters. The van der Waals surface area contributed by atoms with Gasteiger partial charge in [-0.2, -0.15) is 0 Å². The lowest BCUT2D eigenvalue weighted by Gasteiger charge is -2.05. The SMILES string of the molecule is COc1cccc(-c2nnc(SCC(=O)c3ccccc3)n2C)c1. The molecule has 0 fully saturated rings. The van der Waals surface area contributed by atoms with Crippen molar-refractivity contribution in [3.63, 3.8) is 0 Å². The zero-order valence-electron chi connectivity index (χ0n) is 13.5. The molecular weight excluding hydrogens is 322 g/mol. The number of hydrogen-bond acceptors (Lipinski definition) is 5. The number of benzene rings is 2.